The molecule has 0 saturated heterocycles. The fraction of sp³-hybridized carbons (Fsp3) is 0. The van der Waals surface area contributed by atoms with Crippen LogP contribution in [-0.4, -0.2) is 38.2 Å². The van der Waals surface area contributed by atoms with Crippen molar-refractivity contribution in [1.29, 1.82) is 0 Å². The lowest BCUT2D eigenvalue weighted by molar-refractivity contribution is 0.602. The van der Waals surface area contributed by atoms with Crippen molar-refractivity contribution in [3.8, 4) is 11.4 Å². The summed E-state index contributed by atoms with van der Waals surface area (Å²) >= 11 is 0. The number of hydrogen-bond donors (Lipinski definition) is 1. The van der Waals surface area contributed by atoms with E-state index < -0.39 is 14.2 Å². The molecule has 8 nitrogen and oxygen atoms in total. The zero-order valence-electron chi connectivity index (χ0n) is 8.65. The molecule has 0 aliphatic rings. The first-order valence-electron chi connectivity index (χ1n) is 4.70. The predicted octanol–water partition coefficient (Wildman–Crippen LogP) is 0.442. The highest BCUT2D eigenvalue weighted by atomic mass is 35.7. The number of rotatable bonds is 2. The standard InChI is InChI=1S/C8H5ClN6O2S/c9-18(16,17)8-12-7(13-14-8)5-3-11-15-2-1-10-4-6(5)15/h1-4H,(H,12,13,14). The van der Waals surface area contributed by atoms with Gasteiger partial charge in [-0.15, -0.1) is 0 Å². The maximum Gasteiger partial charge on any atom is 0.296 e. The summed E-state index contributed by atoms with van der Waals surface area (Å²) in [6.45, 7) is 0. The van der Waals surface area contributed by atoms with E-state index in [1.807, 2.05) is 0 Å². The molecule has 0 unspecified atom stereocenters. The molecule has 0 aromatic carbocycles. The van der Waals surface area contributed by atoms with Gasteiger partial charge in [0.05, 0.1) is 23.5 Å². The number of aromatic amines is 1. The molecule has 3 aromatic rings. The monoisotopic (exact) mass is 284 g/mol. The van der Waals surface area contributed by atoms with E-state index in [1.165, 1.54) is 6.20 Å². The second kappa shape index (κ2) is 3.75. The van der Waals surface area contributed by atoms with E-state index in [0.29, 0.717) is 11.1 Å². The minimum Gasteiger partial charge on any atom is -0.261 e. The van der Waals surface area contributed by atoms with Crippen LogP contribution in [0.1, 0.15) is 0 Å². The normalized spacial score (nSPS) is 12.1. The molecule has 0 aliphatic carbocycles. The molecule has 1 N–H and O–H groups in total. The number of fused-ring (bicyclic) bond motifs is 1. The molecule has 3 rings (SSSR count). The van der Waals surface area contributed by atoms with Crippen molar-refractivity contribution in [3.05, 3.63) is 24.8 Å². The predicted molar refractivity (Wildman–Crippen MR) is 61.4 cm³/mol. The fourth-order valence-corrected chi connectivity index (χ4v) is 2.04. The molecular weight excluding hydrogens is 280 g/mol. The van der Waals surface area contributed by atoms with Gasteiger partial charge in [0.2, 0.25) is 0 Å². The highest BCUT2D eigenvalue weighted by Gasteiger charge is 2.18. The van der Waals surface area contributed by atoms with Crippen molar-refractivity contribution in [2.45, 2.75) is 5.16 Å². The molecule has 0 bridgehead atoms. The molecule has 92 valence electrons. The smallest absolute Gasteiger partial charge is 0.261 e. The Hall–Kier alpha value is -2.00. The molecule has 0 saturated carbocycles. The second-order valence-corrected chi connectivity index (χ2v) is 5.85. The van der Waals surface area contributed by atoms with Gasteiger partial charge < -0.3 is 0 Å². The number of halogens is 1. The number of aromatic nitrogens is 6. The summed E-state index contributed by atoms with van der Waals surface area (Å²) in [5.41, 5.74) is 1.22. The van der Waals surface area contributed by atoms with Gasteiger partial charge in [-0.2, -0.15) is 15.2 Å². The van der Waals surface area contributed by atoms with E-state index in [4.69, 9.17) is 10.7 Å². The Bertz CT molecular complexity index is 823. The average molecular weight is 285 g/mol. The van der Waals surface area contributed by atoms with Crippen LogP contribution in [0.3, 0.4) is 0 Å². The van der Waals surface area contributed by atoms with E-state index in [1.54, 1.807) is 23.1 Å². The van der Waals surface area contributed by atoms with E-state index in [2.05, 4.69) is 25.3 Å². The minimum atomic E-state index is -3.93. The Morgan fingerprint density at radius 2 is 2.17 bits per heavy atom. The first-order valence-corrected chi connectivity index (χ1v) is 7.01. The van der Waals surface area contributed by atoms with Gasteiger partial charge in [0.25, 0.3) is 14.2 Å². The number of nitrogens with one attached hydrogen (secondary N) is 1. The quantitative estimate of drug-likeness (QED) is 0.685. The van der Waals surface area contributed by atoms with E-state index in [0.717, 1.165) is 0 Å². The van der Waals surface area contributed by atoms with Crippen molar-refractivity contribution in [1.82, 2.24) is 29.8 Å². The van der Waals surface area contributed by atoms with E-state index >= 15 is 0 Å². The number of H-pyrrole nitrogens is 1. The van der Waals surface area contributed by atoms with Crippen molar-refractivity contribution in [2.75, 3.05) is 0 Å². The highest BCUT2D eigenvalue weighted by Crippen LogP contribution is 2.21. The van der Waals surface area contributed by atoms with Gasteiger partial charge in [0.1, 0.15) is 0 Å². The Morgan fingerprint density at radius 3 is 2.89 bits per heavy atom. The molecule has 3 heterocycles. The van der Waals surface area contributed by atoms with E-state index in [-0.39, 0.29) is 5.82 Å². The Morgan fingerprint density at radius 1 is 1.33 bits per heavy atom. The maximum atomic E-state index is 11.1. The van der Waals surface area contributed by atoms with Crippen molar-refractivity contribution in [2.24, 2.45) is 0 Å². The van der Waals surface area contributed by atoms with Gasteiger partial charge >= 0.3 is 0 Å². The first kappa shape index (κ1) is 11.1. The van der Waals surface area contributed by atoms with Crippen LogP contribution < -0.4 is 0 Å². The Kier molecular flexibility index (Phi) is 2.31. The summed E-state index contributed by atoms with van der Waals surface area (Å²) in [5, 5.41) is 9.72. The SMILES string of the molecule is O=S(=O)(Cl)c1nc(-c2cnn3ccncc23)n[nH]1. The largest absolute Gasteiger partial charge is 0.296 e. The minimum absolute atomic E-state index is 0.192. The Balaban J connectivity index is 2.18. The zero-order chi connectivity index (χ0) is 12.8. The highest BCUT2D eigenvalue weighted by molar-refractivity contribution is 8.13. The first-order chi connectivity index (χ1) is 8.55. The van der Waals surface area contributed by atoms with Crippen molar-refractivity contribution < 1.29 is 8.42 Å². The molecule has 18 heavy (non-hydrogen) atoms. The third-order valence-electron chi connectivity index (χ3n) is 2.26. The molecule has 0 aliphatic heterocycles. The van der Waals surface area contributed by atoms with E-state index in [9.17, 15) is 8.42 Å². The third kappa shape index (κ3) is 1.73. The van der Waals surface area contributed by atoms with Crippen LogP contribution in [-0.2, 0) is 9.05 Å². The molecule has 0 atom stereocenters. The molecular formula is C8H5ClN6O2S. The molecule has 0 fully saturated rings. The summed E-state index contributed by atoms with van der Waals surface area (Å²) in [5.74, 6) is 0.192. The summed E-state index contributed by atoms with van der Waals surface area (Å²) in [6.07, 6.45) is 6.33. The summed E-state index contributed by atoms with van der Waals surface area (Å²) in [6, 6.07) is 0. The average Bonchev–Trinajstić information content (AvgIpc) is 2.94. The molecule has 0 spiro atoms. The number of hydrogen-bond acceptors (Lipinski definition) is 6. The lowest BCUT2D eigenvalue weighted by Crippen LogP contribution is -1.92. The van der Waals surface area contributed by atoms with Gasteiger partial charge in [-0.1, -0.05) is 0 Å². The molecule has 10 heteroatoms. The molecule has 0 amide bonds. The third-order valence-corrected chi connectivity index (χ3v) is 3.34. The second-order valence-electron chi connectivity index (χ2n) is 3.37. The van der Waals surface area contributed by atoms with Gasteiger partial charge in [-0.3, -0.25) is 4.98 Å². The Labute approximate surface area is 105 Å². The summed E-state index contributed by atoms with van der Waals surface area (Å²) < 4.78 is 23.7. The van der Waals surface area contributed by atoms with Crippen LogP contribution in [0.2, 0.25) is 0 Å². The topological polar surface area (TPSA) is 106 Å². The lowest BCUT2D eigenvalue weighted by Gasteiger charge is -1.91. The summed E-state index contributed by atoms with van der Waals surface area (Å²) in [7, 11) is 1.23. The molecule has 0 radical (unpaired) electrons. The maximum absolute atomic E-state index is 11.1. The van der Waals surface area contributed by atoms with Crippen molar-refractivity contribution in [3.63, 3.8) is 0 Å². The van der Waals surface area contributed by atoms with Crippen molar-refractivity contribution >= 4 is 25.2 Å². The number of nitrogens with zero attached hydrogens (tertiary/aromatic N) is 5. The van der Waals surface area contributed by atoms with Crippen LogP contribution in [0.15, 0.2) is 29.9 Å². The van der Waals surface area contributed by atoms with Crippen LogP contribution in [0.25, 0.3) is 16.9 Å². The molecule has 3 aromatic heterocycles. The zero-order valence-corrected chi connectivity index (χ0v) is 10.2. The van der Waals surface area contributed by atoms with Gasteiger partial charge in [0.15, 0.2) is 5.82 Å². The fourth-order valence-electron chi connectivity index (χ4n) is 1.48. The van der Waals surface area contributed by atoms with Crippen LogP contribution in [0.5, 0.6) is 0 Å². The van der Waals surface area contributed by atoms with Crippen LogP contribution in [0.4, 0.5) is 0 Å². The van der Waals surface area contributed by atoms with Gasteiger partial charge in [-0.05, 0) is 0 Å². The van der Waals surface area contributed by atoms with Crippen LogP contribution in [0, 0.1) is 0 Å². The van der Waals surface area contributed by atoms with Gasteiger partial charge in [-0.25, -0.2) is 18.0 Å². The van der Waals surface area contributed by atoms with Crippen LogP contribution >= 0.6 is 10.7 Å². The van der Waals surface area contributed by atoms with Gasteiger partial charge in [0, 0.05) is 23.1 Å². The lowest BCUT2D eigenvalue weighted by atomic mass is 10.3. The summed E-state index contributed by atoms with van der Waals surface area (Å²) in [4.78, 5) is 7.76.